The van der Waals surface area contributed by atoms with Crippen molar-refractivity contribution in [1.29, 1.82) is 0 Å². The van der Waals surface area contributed by atoms with Gasteiger partial charge in [0.15, 0.2) is 0 Å². The minimum Gasteiger partial charge on any atom is -0.328 e. The van der Waals surface area contributed by atoms with E-state index < -0.39 is 11.8 Å². The first-order valence-electron chi connectivity index (χ1n) is 8.31. The number of hydrogen-bond acceptors (Lipinski definition) is 2. The number of para-hydroxylation sites is 1. The maximum atomic E-state index is 12.7. The lowest BCUT2D eigenvalue weighted by Gasteiger charge is -2.35. The summed E-state index contributed by atoms with van der Waals surface area (Å²) in [5.41, 5.74) is 4.66. The van der Waals surface area contributed by atoms with E-state index in [9.17, 15) is 9.59 Å². The first kappa shape index (κ1) is 17.5. The van der Waals surface area contributed by atoms with Gasteiger partial charge < -0.3 is 9.80 Å². The molecule has 0 aromatic heterocycles. The maximum Gasteiger partial charge on any atom is 0.316 e. The number of carbonyl (C=O) groups excluding carboxylic acids is 2. The molecule has 3 rings (SSSR count). The maximum absolute atomic E-state index is 12.7. The summed E-state index contributed by atoms with van der Waals surface area (Å²) in [7, 11) is 0. The van der Waals surface area contributed by atoms with Gasteiger partial charge >= 0.3 is 11.8 Å². The second kappa shape index (κ2) is 6.89. The van der Waals surface area contributed by atoms with Crippen molar-refractivity contribution >= 4 is 29.1 Å². The van der Waals surface area contributed by atoms with Gasteiger partial charge in [-0.1, -0.05) is 48.0 Å². The monoisotopic (exact) mass is 356 g/mol. The number of anilines is 1. The Morgan fingerprint density at radius 2 is 1.48 bits per heavy atom. The van der Waals surface area contributed by atoms with Crippen LogP contribution in [0.2, 0.25) is 5.02 Å². The second-order valence-electron chi connectivity index (χ2n) is 6.47. The first-order valence-corrected chi connectivity index (χ1v) is 8.69. The smallest absolute Gasteiger partial charge is 0.316 e. The number of hydrogen-bond donors (Lipinski definition) is 0. The number of nitrogens with zero attached hydrogens (tertiary/aromatic N) is 2. The predicted molar refractivity (Wildman–Crippen MR) is 99.9 cm³/mol. The third-order valence-corrected chi connectivity index (χ3v) is 5.19. The molecule has 0 atom stereocenters. The van der Waals surface area contributed by atoms with Gasteiger partial charge in [-0.25, -0.2) is 0 Å². The normalized spacial score (nSPS) is 15.0. The van der Waals surface area contributed by atoms with Crippen LogP contribution in [-0.2, 0) is 16.1 Å². The third kappa shape index (κ3) is 3.27. The van der Waals surface area contributed by atoms with Crippen molar-refractivity contribution in [3.8, 4) is 0 Å². The van der Waals surface area contributed by atoms with Crippen LogP contribution >= 0.6 is 11.6 Å². The molecular formula is C20H21ClN2O2. The van der Waals surface area contributed by atoms with E-state index in [1.807, 2.05) is 57.2 Å². The number of aryl methyl sites for hydroxylation is 3. The topological polar surface area (TPSA) is 40.6 Å². The minimum atomic E-state index is -0.480. The zero-order chi connectivity index (χ0) is 18.1. The molecule has 0 saturated carbocycles. The molecule has 25 heavy (non-hydrogen) atoms. The number of benzene rings is 2. The van der Waals surface area contributed by atoms with Gasteiger partial charge in [0.05, 0.1) is 5.69 Å². The highest BCUT2D eigenvalue weighted by molar-refractivity contribution is 6.41. The zero-order valence-corrected chi connectivity index (χ0v) is 15.4. The second-order valence-corrected chi connectivity index (χ2v) is 6.85. The van der Waals surface area contributed by atoms with Gasteiger partial charge in [0.1, 0.15) is 0 Å². The Morgan fingerprint density at radius 3 is 2.16 bits per heavy atom. The van der Waals surface area contributed by atoms with Gasteiger partial charge in [0.2, 0.25) is 0 Å². The largest absolute Gasteiger partial charge is 0.328 e. The van der Waals surface area contributed by atoms with Crippen LogP contribution in [0.15, 0.2) is 36.4 Å². The SMILES string of the molecule is Cc1cccc(CN2CCN(c3c(C)cccc3C)C(=O)C2=O)c1Cl. The van der Waals surface area contributed by atoms with Crippen LogP contribution in [0.1, 0.15) is 22.3 Å². The number of piperazine rings is 1. The molecule has 5 heteroatoms. The van der Waals surface area contributed by atoms with Crippen LogP contribution in [0.25, 0.3) is 0 Å². The van der Waals surface area contributed by atoms with Crippen molar-refractivity contribution < 1.29 is 9.59 Å². The fraction of sp³-hybridized carbons (Fsp3) is 0.300. The van der Waals surface area contributed by atoms with Crippen LogP contribution in [-0.4, -0.2) is 29.8 Å². The summed E-state index contributed by atoms with van der Waals surface area (Å²) in [6, 6.07) is 11.6. The summed E-state index contributed by atoms with van der Waals surface area (Å²) in [6.45, 7) is 7.17. The molecule has 0 N–H and O–H groups in total. The molecule has 2 amide bonds. The van der Waals surface area contributed by atoms with Crippen molar-refractivity contribution in [3.05, 3.63) is 63.7 Å². The lowest BCUT2D eigenvalue weighted by atomic mass is 10.1. The van der Waals surface area contributed by atoms with E-state index in [1.165, 1.54) is 0 Å². The van der Waals surface area contributed by atoms with Gasteiger partial charge in [-0.05, 0) is 43.0 Å². The highest BCUT2D eigenvalue weighted by Crippen LogP contribution is 2.28. The number of rotatable bonds is 3. The van der Waals surface area contributed by atoms with Crippen LogP contribution in [0, 0.1) is 20.8 Å². The molecule has 0 aliphatic carbocycles. The highest BCUT2D eigenvalue weighted by Gasteiger charge is 2.34. The average molecular weight is 357 g/mol. The Labute approximate surface area is 153 Å². The predicted octanol–water partition coefficient (Wildman–Crippen LogP) is 3.64. The molecule has 2 aromatic carbocycles. The van der Waals surface area contributed by atoms with Gasteiger partial charge in [0.25, 0.3) is 0 Å². The van der Waals surface area contributed by atoms with E-state index in [-0.39, 0.29) is 0 Å². The molecule has 0 radical (unpaired) electrons. The van der Waals surface area contributed by atoms with Gasteiger partial charge in [-0.3, -0.25) is 9.59 Å². The fourth-order valence-corrected chi connectivity index (χ4v) is 3.49. The van der Waals surface area contributed by atoms with Crippen molar-refractivity contribution in [1.82, 2.24) is 4.90 Å². The third-order valence-electron chi connectivity index (χ3n) is 4.65. The molecule has 1 aliphatic rings. The molecule has 4 nitrogen and oxygen atoms in total. The molecule has 1 saturated heterocycles. The lowest BCUT2D eigenvalue weighted by molar-refractivity contribution is -0.146. The summed E-state index contributed by atoms with van der Waals surface area (Å²) >= 11 is 6.33. The van der Waals surface area contributed by atoms with Gasteiger partial charge in [-0.15, -0.1) is 0 Å². The number of carbonyl (C=O) groups is 2. The Bertz CT molecular complexity index is 827. The van der Waals surface area contributed by atoms with Crippen molar-refractivity contribution in [2.45, 2.75) is 27.3 Å². The molecule has 0 bridgehead atoms. The fourth-order valence-electron chi connectivity index (χ4n) is 3.31. The Hall–Kier alpha value is -2.33. The van der Waals surface area contributed by atoms with Crippen LogP contribution < -0.4 is 4.90 Å². The number of amides is 2. The van der Waals surface area contributed by atoms with Crippen molar-refractivity contribution in [2.75, 3.05) is 18.0 Å². The van der Waals surface area contributed by atoms with Crippen LogP contribution in [0.5, 0.6) is 0 Å². The molecule has 1 fully saturated rings. The van der Waals surface area contributed by atoms with Crippen LogP contribution in [0.4, 0.5) is 5.69 Å². The number of halogens is 1. The molecule has 0 unspecified atom stereocenters. The van der Waals surface area contributed by atoms with Crippen molar-refractivity contribution in [2.24, 2.45) is 0 Å². The van der Waals surface area contributed by atoms with Gasteiger partial charge in [-0.2, -0.15) is 0 Å². The standard InChI is InChI=1S/C20H21ClN2O2/c1-13-6-5-9-16(17(13)21)12-22-10-11-23(20(25)19(22)24)18-14(2)7-4-8-15(18)3/h4-9H,10-12H2,1-3H3. The van der Waals surface area contributed by atoms with E-state index >= 15 is 0 Å². The van der Waals surface area contributed by atoms with E-state index in [1.54, 1.807) is 9.80 Å². The van der Waals surface area contributed by atoms with E-state index in [0.717, 1.165) is 27.9 Å². The Kier molecular flexibility index (Phi) is 4.82. The molecule has 0 spiro atoms. The van der Waals surface area contributed by atoms with Crippen molar-refractivity contribution in [3.63, 3.8) is 0 Å². The van der Waals surface area contributed by atoms with E-state index in [2.05, 4.69) is 0 Å². The lowest BCUT2D eigenvalue weighted by Crippen LogP contribution is -2.54. The summed E-state index contributed by atoms with van der Waals surface area (Å²) in [6.07, 6.45) is 0. The average Bonchev–Trinajstić information content (AvgIpc) is 2.57. The molecule has 2 aromatic rings. The zero-order valence-electron chi connectivity index (χ0n) is 14.7. The van der Waals surface area contributed by atoms with E-state index in [0.29, 0.717) is 24.7 Å². The minimum absolute atomic E-state index is 0.353. The first-order chi connectivity index (χ1) is 11.9. The molecular weight excluding hydrogens is 336 g/mol. The summed E-state index contributed by atoms with van der Waals surface area (Å²) in [5, 5.41) is 0.653. The summed E-state index contributed by atoms with van der Waals surface area (Å²) in [5.74, 6) is -0.959. The van der Waals surface area contributed by atoms with Crippen LogP contribution in [0.3, 0.4) is 0 Å². The molecule has 130 valence electrons. The summed E-state index contributed by atoms with van der Waals surface area (Å²) < 4.78 is 0. The molecule has 1 heterocycles. The highest BCUT2D eigenvalue weighted by atomic mass is 35.5. The van der Waals surface area contributed by atoms with Gasteiger partial charge in [0, 0.05) is 24.7 Å². The Balaban J connectivity index is 1.83. The Morgan fingerprint density at radius 1 is 0.880 bits per heavy atom. The van der Waals surface area contributed by atoms with E-state index in [4.69, 9.17) is 11.6 Å². The molecule has 1 aliphatic heterocycles. The summed E-state index contributed by atoms with van der Waals surface area (Å²) in [4.78, 5) is 28.5. The quantitative estimate of drug-likeness (QED) is 0.788.